The zero-order chi connectivity index (χ0) is 26.5. The van der Waals surface area contributed by atoms with Gasteiger partial charge in [-0.3, -0.25) is 24.3 Å². The number of para-hydroxylation sites is 1. The van der Waals surface area contributed by atoms with Crippen molar-refractivity contribution < 1.29 is 28.2 Å². The zero-order valence-corrected chi connectivity index (χ0v) is 20.5. The molecular weight excluding hydrogens is 469 g/mol. The first-order valence-electron chi connectivity index (χ1n) is 11.2. The monoisotopic (exact) mass is 497 g/mol. The fourth-order valence-corrected chi connectivity index (χ4v) is 3.37. The van der Waals surface area contributed by atoms with Crippen LogP contribution < -0.4 is 10.9 Å². The molecular formula is C26H28FN3O6. The van der Waals surface area contributed by atoms with Crippen LogP contribution in [-0.2, 0) is 19.1 Å². The number of aryl methyl sites for hydroxylation is 1. The number of hydrogen-bond acceptors (Lipinski definition) is 6. The number of halogens is 1. The van der Waals surface area contributed by atoms with Crippen molar-refractivity contribution in [2.45, 2.75) is 40.2 Å². The van der Waals surface area contributed by atoms with Crippen molar-refractivity contribution in [3.05, 3.63) is 87.6 Å². The van der Waals surface area contributed by atoms with Gasteiger partial charge < -0.3 is 14.8 Å². The number of amides is 1. The van der Waals surface area contributed by atoms with Crippen LogP contribution in [-0.4, -0.2) is 34.4 Å². The van der Waals surface area contributed by atoms with Crippen LogP contribution in [0.4, 0.5) is 4.39 Å². The second kappa shape index (κ2) is 11.0. The molecule has 0 fully saturated rings. The molecule has 0 spiro atoms. The van der Waals surface area contributed by atoms with Gasteiger partial charge >= 0.3 is 11.9 Å². The summed E-state index contributed by atoms with van der Waals surface area (Å²) in [5, 5.41) is 5.33. The van der Waals surface area contributed by atoms with E-state index in [4.69, 9.17) is 9.47 Å². The molecule has 0 saturated carbocycles. The number of carbonyl (C=O) groups is 3. The molecule has 10 heteroatoms. The van der Waals surface area contributed by atoms with Crippen molar-refractivity contribution in [2.24, 2.45) is 5.41 Å². The molecule has 1 aromatic heterocycles. The minimum Gasteiger partial charge on any atom is -0.428 e. The van der Waals surface area contributed by atoms with Gasteiger partial charge in [0.25, 0.3) is 11.5 Å². The number of aromatic amines is 1. The van der Waals surface area contributed by atoms with Gasteiger partial charge in [0.1, 0.15) is 17.2 Å². The van der Waals surface area contributed by atoms with Crippen LogP contribution in [0, 0.1) is 18.2 Å². The number of benzene rings is 2. The molecule has 1 heterocycles. The summed E-state index contributed by atoms with van der Waals surface area (Å²) in [4.78, 5) is 49.8. The first-order chi connectivity index (χ1) is 17.0. The maximum absolute atomic E-state index is 14.1. The van der Waals surface area contributed by atoms with Crippen molar-refractivity contribution in [2.75, 3.05) is 6.79 Å². The van der Waals surface area contributed by atoms with Gasteiger partial charge in [0.2, 0.25) is 6.79 Å². The van der Waals surface area contributed by atoms with Crippen LogP contribution in [0.2, 0.25) is 0 Å². The Kier molecular flexibility index (Phi) is 8.08. The lowest BCUT2D eigenvalue weighted by Crippen LogP contribution is -2.32. The summed E-state index contributed by atoms with van der Waals surface area (Å²) in [6.45, 7) is 6.28. The molecule has 0 bridgehead atoms. The van der Waals surface area contributed by atoms with Gasteiger partial charge in [0.15, 0.2) is 0 Å². The van der Waals surface area contributed by atoms with E-state index in [2.05, 4.69) is 10.4 Å². The van der Waals surface area contributed by atoms with Crippen LogP contribution in [0.3, 0.4) is 0 Å². The van der Waals surface area contributed by atoms with Gasteiger partial charge in [-0.25, -0.2) is 9.07 Å². The molecule has 3 rings (SSSR count). The van der Waals surface area contributed by atoms with Gasteiger partial charge in [-0.2, -0.15) is 0 Å². The number of nitrogens with one attached hydrogen (secondary N) is 2. The molecule has 0 unspecified atom stereocenters. The largest absolute Gasteiger partial charge is 0.428 e. The molecule has 1 atom stereocenters. The molecule has 36 heavy (non-hydrogen) atoms. The Bertz CT molecular complexity index is 1320. The number of esters is 2. The predicted octanol–water partition coefficient (Wildman–Crippen LogP) is 3.56. The molecule has 2 N–H and O–H groups in total. The summed E-state index contributed by atoms with van der Waals surface area (Å²) >= 11 is 0. The smallest absolute Gasteiger partial charge is 0.314 e. The average Bonchev–Trinajstić information content (AvgIpc) is 3.20. The van der Waals surface area contributed by atoms with E-state index in [1.807, 2.05) is 19.1 Å². The van der Waals surface area contributed by atoms with Crippen molar-refractivity contribution in [1.82, 2.24) is 15.1 Å². The summed E-state index contributed by atoms with van der Waals surface area (Å²) in [6, 6.07) is 13.0. The quantitative estimate of drug-likeness (QED) is 0.363. The summed E-state index contributed by atoms with van der Waals surface area (Å²) in [5.74, 6) is -2.55. The number of hydrogen-bond donors (Lipinski definition) is 2. The molecule has 0 saturated heterocycles. The van der Waals surface area contributed by atoms with E-state index in [9.17, 15) is 23.6 Å². The summed E-state index contributed by atoms with van der Waals surface area (Å²) in [7, 11) is 0. The predicted molar refractivity (Wildman–Crippen MR) is 129 cm³/mol. The average molecular weight is 498 g/mol. The summed E-state index contributed by atoms with van der Waals surface area (Å²) in [5.41, 5.74) is -0.0601. The van der Waals surface area contributed by atoms with Gasteiger partial charge in [0.05, 0.1) is 17.9 Å². The highest BCUT2D eigenvalue weighted by Gasteiger charge is 2.25. The summed E-state index contributed by atoms with van der Waals surface area (Å²) in [6.07, 6.45) is -0.262. The first kappa shape index (κ1) is 26.4. The highest BCUT2D eigenvalue weighted by molar-refractivity contribution is 5.92. The number of aromatic nitrogens is 2. The first-order valence-corrected chi connectivity index (χ1v) is 11.2. The Morgan fingerprint density at radius 1 is 1.06 bits per heavy atom. The summed E-state index contributed by atoms with van der Waals surface area (Å²) < 4.78 is 25.1. The second-order valence-corrected chi connectivity index (χ2v) is 9.20. The lowest BCUT2D eigenvalue weighted by atomic mass is 9.98. The van der Waals surface area contributed by atoms with E-state index < -0.39 is 47.5 Å². The Balaban J connectivity index is 1.77. The molecule has 0 aliphatic carbocycles. The van der Waals surface area contributed by atoms with E-state index in [0.29, 0.717) is 5.56 Å². The second-order valence-electron chi connectivity index (χ2n) is 9.20. The maximum Gasteiger partial charge on any atom is 0.314 e. The third-order valence-corrected chi connectivity index (χ3v) is 5.32. The molecule has 0 radical (unpaired) electrons. The van der Waals surface area contributed by atoms with Gasteiger partial charge in [-0.05, 0) is 51.0 Å². The molecule has 3 aromatic rings. The van der Waals surface area contributed by atoms with E-state index in [-0.39, 0.29) is 17.8 Å². The number of carbonyl (C=O) groups excluding carboxylic acids is 3. The molecule has 0 aliphatic rings. The standard InChI is InChI=1S/C26H28FN3O6/c1-16-9-5-6-10-17(16)19(14-23(32)35-15-36-25(34)26(2,3)4)28-24(33)20-13-22(31)30(29-20)21-12-8-7-11-18(21)27/h5-13,19,29H,14-15H2,1-4H3,(H,28,33)/t19-/m0/s1. The van der Waals surface area contributed by atoms with E-state index in [1.165, 1.54) is 18.2 Å². The molecule has 9 nitrogen and oxygen atoms in total. The third kappa shape index (κ3) is 6.47. The van der Waals surface area contributed by atoms with Crippen molar-refractivity contribution in [1.29, 1.82) is 0 Å². The van der Waals surface area contributed by atoms with Crippen molar-refractivity contribution >= 4 is 17.8 Å². The number of H-pyrrole nitrogens is 1. The number of nitrogens with zero attached hydrogens (tertiary/aromatic N) is 1. The minimum absolute atomic E-state index is 0.0367. The number of ether oxygens (including phenoxy) is 2. The molecule has 1 amide bonds. The van der Waals surface area contributed by atoms with Gasteiger partial charge in [-0.15, -0.1) is 0 Å². The van der Waals surface area contributed by atoms with E-state index >= 15 is 0 Å². The Labute approximate surface area is 207 Å². The van der Waals surface area contributed by atoms with Crippen LogP contribution in [0.5, 0.6) is 0 Å². The maximum atomic E-state index is 14.1. The zero-order valence-electron chi connectivity index (χ0n) is 20.5. The molecule has 0 aliphatic heterocycles. The third-order valence-electron chi connectivity index (χ3n) is 5.32. The minimum atomic E-state index is -0.815. The Morgan fingerprint density at radius 2 is 1.72 bits per heavy atom. The highest BCUT2D eigenvalue weighted by Crippen LogP contribution is 2.22. The van der Waals surface area contributed by atoms with Crippen LogP contribution in [0.1, 0.15) is 54.8 Å². The SMILES string of the molecule is Cc1ccccc1[C@H](CC(=O)OCOC(=O)C(C)(C)C)NC(=O)c1cc(=O)n(-c2ccccc2F)[nH]1. The molecule has 2 aromatic carbocycles. The topological polar surface area (TPSA) is 119 Å². The van der Waals surface area contributed by atoms with E-state index in [1.54, 1.807) is 39.0 Å². The lowest BCUT2D eigenvalue weighted by molar-refractivity contribution is -0.173. The fourth-order valence-electron chi connectivity index (χ4n) is 3.37. The van der Waals surface area contributed by atoms with Crippen molar-refractivity contribution in [3.8, 4) is 5.69 Å². The normalized spacial score (nSPS) is 12.0. The number of rotatable bonds is 8. The van der Waals surface area contributed by atoms with Crippen molar-refractivity contribution in [3.63, 3.8) is 0 Å². The lowest BCUT2D eigenvalue weighted by Gasteiger charge is -2.20. The highest BCUT2D eigenvalue weighted by atomic mass is 19.1. The van der Waals surface area contributed by atoms with Crippen LogP contribution >= 0.6 is 0 Å². The van der Waals surface area contributed by atoms with Gasteiger partial charge in [0, 0.05) is 6.07 Å². The Hall–Kier alpha value is -4.21. The fraction of sp³-hybridized carbons (Fsp3) is 0.308. The van der Waals surface area contributed by atoms with Crippen LogP contribution in [0.15, 0.2) is 59.4 Å². The Morgan fingerprint density at radius 3 is 2.39 bits per heavy atom. The van der Waals surface area contributed by atoms with E-state index in [0.717, 1.165) is 16.3 Å². The molecule has 190 valence electrons. The van der Waals surface area contributed by atoms with Crippen LogP contribution in [0.25, 0.3) is 5.69 Å². The van der Waals surface area contributed by atoms with Gasteiger partial charge in [-0.1, -0.05) is 36.4 Å².